The second-order valence-corrected chi connectivity index (χ2v) is 11.2. The number of aromatic nitrogens is 3. The number of rotatable bonds is 8. The van der Waals surface area contributed by atoms with Crippen LogP contribution in [0.1, 0.15) is 36.8 Å². The van der Waals surface area contributed by atoms with E-state index in [-0.39, 0.29) is 12.3 Å². The van der Waals surface area contributed by atoms with Gasteiger partial charge in [0, 0.05) is 30.1 Å². The number of amidine groups is 1. The summed E-state index contributed by atoms with van der Waals surface area (Å²) in [4.78, 5) is 23.4. The molecule has 2 amide bonds. The number of alkyl halides is 3. The number of aliphatic imine (C=N–C) groups is 1. The van der Waals surface area contributed by atoms with Gasteiger partial charge < -0.3 is 15.0 Å². The zero-order chi connectivity index (χ0) is 31.3. The van der Waals surface area contributed by atoms with E-state index in [4.69, 9.17) is 0 Å². The number of ether oxygens (including phenoxy) is 1. The smallest absolute Gasteiger partial charge is 0.406 e. The van der Waals surface area contributed by atoms with Crippen LogP contribution in [0.3, 0.4) is 0 Å². The van der Waals surface area contributed by atoms with E-state index in [0.717, 1.165) is 18.0 Å². The van der Waals surface area contributed by atoms with Crippen molar-refractivity contribution in [3.63, 3.8) is 0 Å². The zero-order valence-electron chi connectivity index (χ0n) is 23.8. The second-order valence-electron chi connectivity index (χ2n) is 10.2. The molecule has 1 saturated heterocycles. The van der Waals surface area contributed by atoms with Gasteiger partial charge in [0.15, 0.2) is 11.0 Å². The fourth-order valence-corrected chi connectivity index (χ4v) is 5.63. The number of anilines is 1. The fraction of sp³-hybridized carbons (Fsp3) is 0.258. The maximum atomic E-state index is 12.8. The Balaban J connectivity index is 1.21. The van der Waals surface area contributed by atoms with Gasteiger partial charge in [-0.3, -0.25) is 0 Å². The monoisotopic (exact) mass is 619 g/mol. The number of urea groups is 1. The lowest BCUT2D eigenvalue weighted by Gasteiger charge is -2.23. The first kappa shape index (κ1) is 30.6. The summed E-state index contributed by atoms with van der Waals surface area (Å²) >= 11 is 1.52. The molecule has 2 heterocycles. The maximum Gasteiger partial charge on any atom is 0.573 e. The lowest BCUT2D eigenvalue weighted by molar-refractivity contribution is -0.274. The zero-order valence-corrected chi connectivity index (χ0v) is 24.6. The number of hydrogen-bond acceptors (Lipinski definition) is 6. The quantitative estimate of drug-likeness (QED) is 0.229. The Kier molecular flexibility index (Phi) is 9.20. The summed E-state index contributed by atoms with van der Waals surface area (Å²) < 4.78 is 42.6. The molecular weight excluding hydrogens is 591 g/mol. The number of thioether (sulfide) groups is 1. The van der Waals surface area contributed by atoms with E-state index < -0.39 is 18.3 Å². The molecule has 1 unspecified atom stereocenters. The largest absolute Gasteiger partial charge is 0.573 e. The van der Waals surface area contributed by atoms with Crippen molar-refractivity contribution < 1.29 is 22.7 Å². The summed E-state index contributed by atoms with van der Waals surface area (Å²) in [5.74, 6) is 0.595. The number of amides is 2. The molecule has 9 nitrogen and oxygen atoms in total. The third-order valence-corrected chi connectivity index (χ3v) is 7.79. The molecule has 44 heavy (non-hydrogen) atoms. The van der Waals surface area contributed by atoms with Crippen LogP contribution >= 0.6 is 11.8 Å². The Morgan fingerprint density at radius 2 is 1.84 bits per heavy atom. The fourth-order valence-electron chi connectivity index (χ4n) is 4.68. The average molecular weight is 620 g/mol. The Labute approximate surface area is 256 Å². The van der Waals surface area contributed by atoms with Gasteiger partial charge in [-0.2, -0.15) is 10.3 Å². The van der Waals surface area contributed by atoms with Gasteiger partial charge in [-0.1, -0.05) is 68.1 Å². The van der Waals surface area contributed by atoms with Gasteiger partial charge in [-0.05, 0) is 47.4 Å². The molecule has 13 heteroatoms. The minimum absolute atomic E-state index is 0.0830. The van der Waals surface area contributed by atoms with E-state index in [1.54, 1.807) is 24.3 Å². The van der Waals surface area contributed by atoms with Gasteiger partial charge in [0.2, 0.25) is 0 Å². The SMILES string of the molecule is CC(C)c1ccccc1N1CCS/C1=N\C(=O)NCC(C#N)c1ccc(-c2ncn(-c3ccc(OC(F)(F)F)cc3)n2)cc1. The van der Waals surface area contributed by atoms with Gasteiger partial charge >= 0.3 is 12.4 Å². The standard InChI is InChI=1S/C31H28F3N7O2S/c1-20(2)26-5-3-4-6-27(26)40-15-16-44-30(40)38-29(42)36-18-23(17-35)21-7-9-22(10-8-21)28-37-19-41(39-28)24-11-13-25(14-12-24)43-31(32,33)34/h3-14,19-20,23H,15-16,18H2,1-2H3,(H,36,42)/b38-30-. The molecule has 1 atom stereocenters. The first-order chi connectivity index (χ1) is 21.1. The van der Waals surface area contributed by atoms with E-state index in [9.17, 15) is 23.2 Å². The van der Waals surface area contributed by atoms with E-state index in [1.807, 2.05) is 18.2 Å². The minimum atomic E-state index is -4.77. The van der Waals surface area contributed by atoms with Crippen LogP contribution in [0.25, 0.3) is 17.1 Å². The normalized spacial score (nSPS) is 14.9. The Morgan fingerprint density at radius 3 is 2.52 bits per heavy atom. The van der Waals surface area contributed by atoms with Gasteiger partial charge in [-0.15, -0.1) is 18.3 Å². The van der Waals surface area contributed by atoms with Crippen LogP contribution in [0.15, 0.2) is 84.1 Å². The van der Waals surface area contributed by atoms with Crippen LogP contribution < -0.4 is 15.0 Å². The number of benzene rings is 3. The number of carbonyl (C=O) groups is 1. The van der Waals surface area contributed by atoms with Gasteiger partial charge in [-0.25, -0.2) is 14.5 Å². The highest BCUT2D eigenvalue weighted by atomic mass is 32.2. The predicted molar refractivity (Wildman–Crippen MR) is 163 cm³/mol. The number of carbonyl (C=O) groups excluding carboxylic acids is 1. The molecule has 1 N–H and O–H groups in total. The van der Waals surface area contributed by atoms with Gasteiger partial charge in [0.05, 0.1) is 17.7 Å². The highest BCUT2D eigenvalue weighted by molar-refractivity contribution is 8.14. The van der Waals surface area contributed by atoms with Crippen molar-refractivity contribution in [1.82, 2.24) is 20.1 Å². The van der Waals surface area contributed by atoms with E-state index in [2.05, 4.69) is 56.0 Å². The van der Waals surface area contributed by atoms with Crippen LogP contribution in [-0.2, 0) is 0 Å². The third kappa shape index (κ3) is 7.38. The molecule has 0 saturated carbocycles. The lowest BCUT2D eigenvalue weighted by Crippen LogP contribution is -2.30. The summed E-state index contributed by atoms with van der Waals surface area (Å²) in [5.41, 5.74) is 4.11. The molecule has 4 aromatic rings. The number of nitrogens with one attached hydrogen (secondary N) is 1. The molecule has 0 spiro atoms. The van der Waals surface area contributed by atoms with Crippen molar-refractivity contribution in [3.8, 4) is 28.9 Å². The Bertz CT molecular complexity index is 1680. The van der Waals surface area contributed by atoms with Crippen LogP contribution in [0, 0.1) is 11.3 Å². The number of hydrogen-bond donors (Lipinski definition) is 1. The number of nitrogens with zero attached hydrogens (tertiary/aromatic N) is 6. The van der Waals surface area contributed by atoms with E-state index in [0.29, 0.717) is 33.7 Å². The molecule has 1 aromatic heterocycles. The van der Waals surface area contributed by atoms with Crippen molar-refractivity contribution in [2.45, 2.75) is 32.0 Å². The van der Waals surface area contributed by atoms with E-state index >= 15 is 0 Å². The molecule has 0 bridgehead atoms. The summed E-state index contributed by atoms with van der Waals surface area (Å²) in [6, 6.07) is 22.2. The highest BCUT2D eigenvalue weighted by Crippen LogP contribution is 2.32. The molecule has 1 aliphatic heterocycles. The van der Waals surface area contributed by atoms with Gasteiger partial charge in [0.1, 0.15) is 12.1 Å². The molecule has 1 fully saturated rings. The molecule has 226 valence electrons. The number of halogens is 3. The molecule has 5 rings (SSSR count). The second kappa shape index (κ2) is 13.2. The molecule has 0 radical (unpaired) electrons. The average Bonchev–Trinajstić information content (AvgIpc) is 3.68. The van der Waals surface area contributed by atoms with E-state index in [1.165, 1.54) is 52.6 Å². The maximum absolute atomic E-state index is 12.8. The van der Waals surface area contributed by atoms with Crippen LogP contribution in [0.5, 0.6) is 5.75 Å². The first-order valence-corrected chi connectivity index (χ1v) is 14.7. The van der Waals surface area contributed by atoms with Crippen LogP contribution in [-0.4, -0.2) is 51.2 Å². The molecule has 3 aromatic carbocycles. The first-order valence-electron chi connectivity index (χ1n) is 13.7. The summed E-state index contributed by atoms with van der Waals surface area (Å²) in [6.07, 6.45) is -3.32. The Morgan fingerprint density at radius 1 is 1.11 bits per heavy atom. The Hall–Kier alpha value is -4.83. The third-order valence-electron chi connectivity index (χ3n) is 6.83. The van der Waals surface area contributed by atoms with Crippen LogP contribution in [0.2, 0.25) is 0 Å². The number of para-hydroxylation sites is 1. The van der Waals surface area contributed by atoms with Crippen molar-refractivity contribution in [3.05, 3.63) is 90.3 Å². The van der Waals surface area contributed by atoms with Crippen molar-refractivity contribution in [2.24, 2.45) is 4.99 Å². The summed E-state index contributed by atoms with van der Waals surface area (Å²) in [6.45, 7) is 5.10. The lowest BCUT2D eigenvalue weighted by atomic mass is 9.99. The topological polar surface area (TPSA) is 108 Å². The van der Waals surface area contributed by atoms with Crippen LogP contribution in [0.4, 0.5) is 23.7 Å². The highest BCUT2D eigenvalue weighted by Gasteiger charge is 2.31. The predicted octanol–water partition coefficient (Wildman–Crippen LogP) is 6.88. The van der Waals surface area contributed by atoms with Crippen molar-refractivity contribution >= 4 is 28.6 Å². The summed E-state index contributed by atoms with van der Waals surface area (Å²) in [5, 5.41) is 17.6. The molecule has 0 aliphatic carbocycles. The minimum Gasteiger partial charge on any atom is -0.406 e. The summed E-state index contributed by atoms with van der Waals surface area (Å²) in [7, 11) is 0. The molecule has 1 aliphatic rings. The molecular formula is C31H28F3N7O2S. The van der Waals surface area contributed by atoms with Crippen molar-refractivity contribution in [2.75, 3.05) is 23.7 Å². The number of nitriles is 1. The van der Waals surface area contributed by atoms with Crippen molar-refractivity contribution in [1.29, 1.82) is 5.26 Å². The van der Waals surface area contributed by atoms with Gasteiger partial charge in [0.25, 0.3) is 0 Å².